The van der Waals surface area contributed by atoms with Gasteiger partial charge in [0.05, 0.1) is 0 Å². The van der Waals surface area contributed by atoms with Crippen LogP contribution in [0, 0.1) is 0 Å². The number of allylic oxidation sites excluding steroid dienone is 1. The van der Waals surface area contributed by atoms with Crippen molar-refractivity contribution in [3.8, 4) is 0 Å². The van der Waals surface area contributed by atoms with Crippen molar-refractivity contribution in [2.24, 2.45) is 0 Å². The van der Waals surface area contributed by atoms with E-state index in [-0.39, 0.29) is 29.6 Å². The van der Waals surface area contributed by atoms with Crippen molar-refractivity contribution in [1.29, 1.82) is 0 Å². The minimum atomic E-state index is 0. The van der Waals surface area contributed by atoms with E-state index in [1.165, 1.54) is 16.7 Å². The molecule has 0 aromatic heterocycles. The molecule has 2 aromatic carbocycles. The van der Waals surface area contributed by atoms with Gasteiger partial charge in [0, 0.05) is 35.5 Å². The zero-order valence-corrected chi connectivity index (χ0v) is 11.4. The van der Waals surface area contributed by atoms with Crippen molar-refractivity contribution in [3.05, 3.63) is 77.4 Å². The second kappa shape index (κ2) is 5.01. The summed E-state index contributed by atoms with van der Waals surface area (Å²) >= 11 is 0. The molecule has 1 aliphatic carbocycles. The summed E-state index contributed by atoms with van der Waals surface area (Å²) in [6.07, 6.45) is 4.49. The fourth-order valence-electron chi connectivity index (χ4n) is 2.20. The molecule has 0 saturated heterocycles. The number of hydrogen-bond acceptors (Lipinski definition) is 0. The zero-order chi connectivity index (χ0) is 10.1. The Kier molecular flexibility index (Phi) is 3.65. The molecule has 1 aliphatic rings. The van der Waals surface area contributed by atoms with Gasteiger partial charge in [-0.05, 0) is 16.7 Å². The Labute approximate surface area is 118 Å². The number of hydrogen-bond donors (Lipinski definition) is 0. The monoisotopic (exact) mass is 215 g/mol. The van der Waals surface area contributed by atoms with E-state index in [0.29, 0.717) is 5.92 Å². The van der Waals surface area contributed by atoms with Crippen LogP contribution in [0.5, 0.6) is 0 Å². The molecule has 0 heterocycles. The van der Waals surface area contributed by atoms with E-state index in [4.69, 9.17) is 0 Å². The first kappa shape index (κ1) is 11.7. The SMILES string of the molecule is C1=CC(c2ccccc2)c2ccccc21.[Na]. The van der Waals surface area contributed by atoms with Gasteiger partial charge >= 0.3 is 0 Å². The number of benzene rings is 2. The smallest absolute Gasteiger partial charge is 0.0278 e. The van der Waals surface area contributed by atoms with Gasteiger partial charge < -0.3 is 0 Å². The molecule has 73 valence electrons. The van der Waals surface area contributed by atoms with Gasteiger partial charge in [-0.2, -0.15) is 0 Å². The quantitative estimate of drug-likeness (QED) is 0.639. The number of fused-ring (bicyclic) bond motifs is 1. The summed E-state index contributed by atoms with van der Waals surface area (Å²) in [6, 6.07) is 19.2. The topological polar surface area (TPSA) is 0 Å². The Morgan fingerprint density at radius 2 is 1.44 bits per heavy atom. The van der Waals surface area contributed by atoms with Crippen LogP contribution in [0.4, 0.5) is 0 Å². The van der Waals surface area contributed by atoms with E-state index in [0.717, 1.165) is 0 Å². The van der Waals surface area contributed by atoms with Crippen molar-refractivity contribution in [3.63, 3.8) is 0 Å². The summed E-state index contributed by atoms with van der Waals surface area (Å²) in [5.41, 5.74) is 4.15. The third kappa shape index (κ3) is 2.01. The average Bonchev–Trinajstić information content (AvgIpc) is 2.74. The van der Waals surface area contributed by atoms with Crippen LogP contribution in [0.15, 0.2) is 60.7 Å². The summed E-state index contributed by atoms with van der Waals surface area (Å²) in [7, 11) is 0. The van der Waals surface area contributed by atoms with Crippen molar-refractivity contribution in [2.75, 3.05) is 0 Å². The second-order valence-electron chi connectivity index (χ2n) is 3.88. The number of rotatable bonds is 1. The molecular formula is C15H12Na. The molecule has 0 nitrogen and oxygen atoms in total. The van der Waals surface area contributed by atoms with Gasteiger partial charge in [-0.15, -0.1) is 0 Å². The van der Waals surface area contributed by atoms with Gasteiger partial charge in [0.1, 0.15) is 0 Å². The van der Waals surface area contributed by atoms with Crippen LogP contribution in [-0.4, -0.2) is 29.6 Å². The maximum atomic E-state index is 2.28. The summed E-state index contributed by atoms with van der Waals surface area (Å²) in [6.45, 7) is 0. The first-order valence-corrected chi connectivity index (χ1v) is 5.27. The van der Waals surface area contributed by atoms with Crippen LogP contribution >= 0.6 is 0 Å². The first-order chi connectivity index (χ1) is 7.45. The molecule has 0 saturated carbocycles. The Balaban J connectivity index is 0.000000963. The van der Waals surface area contributed by atoms with E-state index in [1.54, 1.807) is 0 Å². The van der Waals surface area contributed by atoms with Crippen LogP contribution in [0.25, 0.3) is 6.08 Å². The normalized spacial score (nSPS) is 16.6. The third-order valence-electron chi connectivity index (χ3n) is 2.96. The molecule has 1 unspecified atom stereocenters. The predicted octanol–water partition coefficient (Wildman–Crippen LogP) is 3.46. The average molecular weight is 215 g/mol. The summed E-state index contributed by atoms with van der Waals surface area (Å²) in [5.74, 6) is 0.447. The van der Waals surface area contributed by atoms with E-state index >= 15 is 0 Å². The van der Waals surface area contributed by atoms with Gasteiger partial charge in [0.15, 0.2) is 0 Å². The van der Waals surface area contributed by atoms with Gasteiger partial charge in [-0.3, -0.25) is 0 Å². The third-order valence-corrected chi connectivity index (χ3v) is 2.96. The van der Waals surface area contributed by atoms with Gasteiger partial charge in [0.2, 0.25) is 0 Å². The molecule has 0 bridgehead atoms. The first-order valence-electron chi connectivity index (χ1n) is 5.27. The van der Waals surface area contributed by atoms with E-state index in [1.807, 2.05) is 0 Å². The Hall–Kier alpha value is -0.820. The van der Waals surface area contributed by atoms with Crippen LogP contribution in [0.1, 0.15) is 22.6 Å². The largest absolute Gasteiger partial charge is 0.0720 e. The fraction of sp³-hybridized carbons (Fsp3) is 0.0667. The molecule has 0 aliphatic heterocycles. The molecule has 2 aromatic rings. The standard InChI is InChI=1S/C15H12.Na/c1-2-6-12(7-3-1)15-11-10-13-8-4-5-9-14(13)15;/h1-11,15H;. The molecule has 1 radical (unpaired) electrons. The Bertz CT molecular complexity index is 500. The maximum absolute atomic E-state index is 2.28. The summed E-state index contributed by atoms with van der Waals surface area (Å²) in [4.78, 5) is 0. The molecule has 3 rings (SSSR count). The van der Waals surface area contributed by atoms with Gasteiger partial charge in [0.25, 0.3) is 0 Å². The zero-order valence-electron chi connectivity index (χ0n) is 9.43. The van der Waals surface area contributed by atoms with Crippen molar-refractivity contribution < 1.29 is 0 Å². The van der Waals surface area contributed by atoms with Crippen LogP contribution in [0.2, 0.25) is 0 Å². The van der Waals surface area contributed by atoms with Gasteiger partial charge in [-0.25, -0.2) is 0 Å². The molecule has 0 N–H and O–H groups in total. The van der Waals surface area contributed by atoms with E-state index in [9.17, 15) is 0 Å². The van der Waals surface area contributed by atoms with E-state index < -0.39 is 0 Å². The van der Waals surface area contributed by atoms with Crippen molar-refractivity contribution in [1.82, 2.24) is 0 Å². The molecular weight excluding hydrogens is 203 g/mol. The maximum Gasteiger partial charge on any atom is 0.0278 e. The van der Waals surface area contributed by atoms with Crippen molar-refractivity contribution in [2.45, 2.75) is 5.92 Å². The molecule has 0 spiro atoms. The van der Waals surface area contributed by atoms with E-state index in [2.05, 4.69) is 66.7 Å². The molecule has 1 heteroatoms. The minimum Gasteiger partial charge on any atom is -0.0720 e. The molecule has 1 atom stereocenters. The summed E-state index contributed by atoms with van der Waals surface area (Å²) < 4.78 is 0. The molecule has 0 fully saturated rings. The Morgan fingerprint density at radius 3 is 2.25 bits per heavy atom. The second-order valence-corrected chi connectivity index (χ2v) is 3.88. The Morgan fingerprint density at radius 1 is 0.750 bits per heavy atom. The van der Waals surface area contributed by atoms with Crippen LogP contribution in [-0.2, 0) is 0 Å². The molecule has 0 amide bonds. The minimum absolute atomic E-state index is 0. The molecule has 16 heavy (non-hydrogen) atoms. The van der Waals surface area contributed by atoms with Crippen LogP contribution < -0.4 is 0 Å². The van der Waals surface area contributed by atoms with Crippen molar-refractivity contribution >= 4 is 35.6 Å². The van der Waals surface area contributed by atoms with Gasteiger partial charge in [-0.1, -0.05) is 66.7 Å². The fourth-order valence-corrected chi connectivity index (χ4v) is 2.20. The van der Waals surface area contributed by atoms with Crippen LogP contribution in [0.3, 0.4) is 0 Å². The summed E-state index contributed by atoms with van der Waals surface area (Å²) in [5, 5.41) is 0. The predicted molar refractivity (Wildman–Crippen MR) is 69.5 cm³/mol.